The van der Waals surface area contributed by atoms with Gasteiger partial charge in [0.05, 0.1) is 11.3 Å². The van der Waals surface area contributed by atoms with Crippen molar-refractivity contribution in [3.63, 3.8) is 0 Å². The third-order valence-electron chi connectivity index (χ3n) is 3.47. The highest BCUT2D eigenvalue weighted by Gasteiger charge is 2.21. The van der Waals surface area contributed by atoms with Crippen LogP contribution in [0.4, 0.5) is 0 Å². The number of thioether (sulfide) groups is 1. The van der Waals surface area contributed by atoms with Gasteiger partial charge in [0.2, 0.25) is 0 Å². The lowest BCUT2D eigenvalue weighted by molar-refractivity contribution is -0.151. The number of aromatic nitrogens is 1. The molecule has 22 heavy (non-hydrogen) atoms. The Hall–Kier alpha value is -1.54. The molecule has 0 amide bonds. The van der Waals surface area contributed by atoms with Crippen LogP contribution in [-0.4, -0.2) is 22.3 Å². The standard InChI is InChI=1S/C17H22N2O2S/c1-11-5-6-14-12(7-11)8-13(9-18)16(19-14)22-10-15(20)21-17(2,3)4/h8,11H,5-7,10H2,1-4H3. The molecule has 1 aromatic rings. The first-order valence-electron chi connectivity index (χ1n) is 7.56. The second-order valence-electron chi connectivity index (χ2n) is 6.78. The Labute approximate surface area is 136 Å². The Kier molecular flexibility index (Phi) is 5.12. The number of rotatable bonds is 3. The van der Waals surface area contributed by atoms with Crippen LogP contribution in [0, 0.1) is 17.2 Å². The molecule has 1 aliphatic rings. The molecule has 118 valence electrons. The maximum atomic E-state index is 11.8. The summed E-state index contributed by atoms with van der Waals surface area (Å²) in [6.07, 6.45) is 3.05. The van der Waals surface area contributed by atoms with Gasteiger partial charge in [-0.05, 0) is 57.6 Å². The first-order valence-corrected chi connectivity index (χ1v) is 8.54. The minimum absolute atomic E-state index is 0.175. The predicted molar refractivity (Wildman–Crippen MR) is 86.7 cm³/mol. The molecule has 4 nitrogen and oxygen atoms in total. The Morgan fingerprint density at radius 3 is 2.91 bits per heavy atom. The minimum atomic E-state index is -0.491. The number of aryl methyl sites for hydroxylation is 1. The highest BCUT2D eigenvalue weighted by atomic mass is 32.2. The van der Waals surface area contributed by atoms with E-state index >= 15 is 0 Å². The zero-order chi connectivity index (χ0) is 16.3. The molecule has 0 saturated carbocycles. The summed E-state index contributed by atoms with van der Waals surface area (Å²) in [5.41, 5.74) is 2.32. The predicted octanol–water partition coefficient (Wildman–Crippen LogP) is 3.51. The highest BCUT2D eigenvalue weighted by molar-refractivity contribution is 7.99. The second-order valence-corrected chi connectivity index (χ2v) is 7.75. The molecule has 0 aromatic carbocycles. The Bertz CT molecular complexity index is 614. The van der Waals surface area contributed by atoms with Crippen LogP contribution in [0.25, 0.3) is 0 Å². The Balaban J connectivity index is 2.11. The van der Waals surface area contributed by atoms with E-state index < -0.39 is 5.60 Å². The molecule has 1 aromatic heterocycles. The molecule has 2 rings (SSSR count). The largest absolute Gasteiger partial charge is 0.459 e. The number of carbonyl (C=O) groups excluding carboxylic acids is 1. The van der Waals surface area contributed by atoms with Gasteiger partial charge < -0.3 is 4.74 Å². The smallest absolute Gasteiger partial charge is 0.316 e. The van der Waals surface area contributed by atoms with Gasteiger partial charge in [0, 0.05) is 5.69 Å². The monoisotopic (exact) mass is 318 g/mol. The molecule has 0 spiro atoms. The number of nitrogens with zero attached hydrogens (tertiary/aromatic N) is 2. The normalized spacial score (nSPS) is 17.5. The fraction of sp³-hybridized carbons (Fsp3) is 0.588. The SMILES string of the molecule is CC1CCc2nc(SCC(=O)OC(C)(C)C)c(C#N)cc2C1. The summed E-state index contributed by atoms with van der Waals surface area (Å²) in [6.45, 7) is 7.75. The van der Waals surface area contributed by atoms with Crippen LogP contribution in [0.15, 0.2) is 11.1 Å². The van der Waals surface area contributed by atoms with Gasteiger partial charge in [-0.1, -0.05) is 18.7 Å². The summed E-state index contributed by atoms with van der Waals surface area (Å²) >= 11 is 1.29. The highest BCUT2D eigenvalue weighted by Crippen LogP contribution is 2.29. The molecular formula is C17H22N2O2S. The molecule has 1 aliphatic carbocycles. The van der Waals surface area contributed by atoms with Gasteiger partial charge >= 0.3 is 5.97 Å². The van der Waals surface area contributed by atoms with Crippen molar-refractivity contribution in [3.8, 4) is 6.07 Å². The molecule has 0 radical (unpaired) electrons. The molecule has 0 bridgehead atoms. The van der Waals surface area contributed by atoms with Gasteiger partial charge in [0.15, 0.2) is 0 Å². The van der Waals surface area contributed by atoms with Crippen LogP contribution >= 0.6 is 11.8 Å². The van der Waals surface area contributed by atoms with Crippen LogP contribution in [0.5, 0.6) is 0 Å². The maximum absolute atomic E-state index is 11.8. The molecule has 0 fully saturated rings. The fourth-order valence-corrected chi connectivity index (χ4v) is 3.26. The van der Waals surface area contributed by atoms with Crippen molar-refractivity contribution in [2.45, 2.75) is 57.6 Å². The Morgan fingerprint density at radius 1 is 1.55 bits per heavy atom. The van der Waals surface area contributed by atoms with E-state index in [1.807, 2.05) is 26.8 Å². The van der Waals surface area contributed by atoms with Crippen LogP contribution in [0.1, 0.15) is 50.9 Å². The topological polar surface area (TPSA) is 63.0 Å². The molecule has 1 atom stereocenters. The van der Waals surface area contributed by atoms with Crippen LogP contribution in [0.3, 0.4) is 0 Å². The lowest BCUT2D eigenvalue weighted by Gasteiger charge is -2.22. The van der Waals surface area contributed by atoms with E-state index in [1.54, 1.807) is 0 Å². The molecular weight excluding hydrogens is 296 g/mol. The average Bonchev–Trinajstić information content (AvgIpc) is 2.42. The first-order chi connectivity index (χ1) is 10.3. The molecule has 0 aliphatic heterocycles. The summed E-state index contributed by atoms with van der Waals surface area (Å²) in [5, 5.41) is 9.96. The van der Waals surface area contributed by atoms with Gasteiger partial charge in [-0.25, -0.2) is 4.98 Å². The van der Waals surface area contributed by atoms with Crippen molar-refractivity contribution in [3.05, 3.63) is 22.9 Å². The zero-order valence-corrected chi connectivity index (χ0v) is 14.4. The van der Waals surface area contributed by atoms with Gasteiger partial charge in [0.25, 0.3) is 0 Å². The van der Waals surface area contributed by atoms with Gasteiger partial charge in [-0.15, -0.1) is 0 Å². The summed E-state index contributed by atoms with van der Waals surface area (Å²) in [6, 6.07) is 4.14. The van der Waals surface area contributed by atoms with Crippen LogP contribution in [-0.2, 0) is 22.4 Å². The fourth-order valence-electron chi connectivity index (χ4n) is 2.52. The third kappa shape index (κ3) is 4.48. The van der Waals surface area contributed by atoms with Crippen molar-refractivity contribution in [1.29, 1.82) is 5.26 Å². The molecule has 1 heterocycles. The van der Waals surface area contributed by atoms with Crippen LogP contribution in [0.2, 0.25) is 0 Å². The number of carbonyl (C=O) groups is 1. The average molecular weight is 318 g/mol. The van der Waals surface area contributed by atoms with Crippen molar-refractivity contribution in [2.24, 2.45) is 5.92 Å². The lowest BCUT2D eigenvalue weighted by atomic mass is 9.87. The number of ether oxygens (including phenoxy) is 1. The molecule has 5 heteroatoms. The molecule has 0 N–H and O–H groups in total. The minimum Gasteiger partial charge on any atom is -0.459 e. The van der Waals surface area contributed by atoms with Crippen molar-refractivity contribution < 1.29 is 9.53 Å². The van der Waals surface area contributed by atoms with Crippen molar-refractivity contribution in [2.75, 3.05) is 5.75 Å². The van der Waals surface area contributed by atoms with Gasteiger partial charge in [-0.2, -0.15) is 5.26 Å². The zero-order valence-electron chi connectivity index (χ0n) is 13.6. The van der Waals surface area contributed by atoms with Crippen molar-refractivity contribution in [1.82, 2.24) is 4.98 Å². The number of esters is 1. The van der Waals surface area contributed by atoms with E-state index in [1.165, 1.54) is 17.3 Å². The summed E-state index contributed by atoms with van der Waals surface area (Å²) < 4.78 is 5.29. The van der Waals surface area contributed by atoms with E-state index in [-0.39, 0.29) is 11.7 Å². The number of pyridine rings is 1. The first kappa shape index (κ1) is 16.8. The Morgan fingerprint density at radius 2 is 2.27 bits per heavy atom. The summed E-state index contributed by atoms with van der Waals surface area (Å²) in [4.78, 5) is 16.4. The van der Waals surface area contributed by atoms with E-state index in [4.69, 9.17) is 4.74 Å². The van der Waals surface area contributed by atoms with Gasteiger partial charge in [-0.3, -0.25) is 4.79 Å². The molecule has 0 saturated heterocycles. The number of fused-ring (bicyclic) bond motifs is 1. The molecule has 1 unspecified atom stereocenters. The van der Waals surface area contributed by atoms with E-state index in [9.17, 15) is 10.1 Å². The third-order valence-corrected chi connectivity index (χ3v) is 4.43. The van der Waals surface area contributed by atoms with Crippen LogP contribution < -0.4 is 0 Å². The van der Waals surface area contributed by atoms with E-state index in [0.717, 1.165) is 25.0 Å². The number of hydrogen-bond donors (Lipinski definition) is 0. The maximum Gasteiger partial charge on any atom is 0.316 e. The van der Waals surface area contributed by atoms with E-state index in [2.05, 4.69) is 18.0 Å². The number of nitriles is 1. The van der Waals surface area contributed by atoms with Gasteiger partial charge in [0.1, 0.15) is 16.7 Å². The summed E-state index contributed by atoms with van der Waals surface area (Å²) in [7, 11) is 0. The van der Waals surface area contributed by atoms with E-state index in [0.29, 0.717) is 16.5 Å². The number of hydrogen-bond acceptors (Lipinski definition) is 5. The quantitative estimate of drug-likeness (QED) is 0.630. The summed E-state index contributed by atoms with van der Waals surface area (Å²) in [5.74, 6) is 0.532. The lowest BCUT2D eigenvalue weighted by Crippen LogP contribution is -2.25. The second kappa shape index (κ2) is 6.70. The van der Waals surface area contributed by atoms with Crippen molar-refractivity contribution >= 4 is 17.7 Å².